The summed E-state index contributed by atoms with van der Waals surface area (Å²) in [6.45, 7) is 1.48. The van der Waals surface area contributed by atoms with Crippen molar-refractivity contribution in [3.05, 3.63) is 61.6 Å². The minimum absolute atomic E-state index is 0.00680. The third-order valence-corrected chi connectivity index (χ3v) is 2.72. The zero-order valence-corrected chi connectivity index (χ0v) is 9.58. The average molecular weight is 255 g/mol. The van der Waals surface area contributed by atoms with Gasteiger partial charge in [0.05, 0.1) is 11.3 Å². The fourth-order valence-electron chi connectivity index (χ4n) is 1.45. The lowest BCUT2D eigenvalue weighted by Crippen LogP contribution is -2.35. The molecule has 1 aromatic carbocycles. The van der Waals surface area contributed by atoms with Gasteiger partial charge in [0.1, 0.15) is 11.0 Å². The van der Waals surface area contributed by atoms with Crippen molar-refractivity contribution >= 4 is 11.6 Å². The van der Waals surface area contributed by atoms with Gasteiger partial charge < -0.3 is 0 Å². The van der Waals surface area contributed by atoms with Crippen LogP contribution in [0.25, 0.3) is 5.69 Å². The number of aromatic nitrogens is 2. The lowest BCUT2D eigenvalue weighted by molar-refractivity contribution is 0.625. The van der Waals surface area contributed by atoms with Crippen molar-refractivity contribution in [2.45, 2.75) is 6.92 Å². The second-order valence-corrected chi connectivity index (χ2v) is 3.87. The van der Waals surface area contributed by atoms with Crippen LogP contribution in [-0.2, 0) is 0 Å². The Kier molecular flexibility index (Phi) is 2.85. The summed E-state index contributed by atoms with van der Waals surface area (Å²) in [5, 5.41) is -0.00680. The van der Waals surface area contributed by atoms with Gasteiger partial charge in [0, 0.05) is 0 Å². The monoisotopic (exact) mass is 254 g/mol. The Morgan fingerprint density at radius 1 is 1.35 bits per heavy atom. The highest BCUT2D eigenvalue weighted by molar-refractivity contribution is 6.30. The number of hydrogen-bond donors (Lipinski definition) is 1. The molecule has 4 nitrogen and oxygen atoms in total. The highest BCUT2D eigenvalue weighted by Gasteiger charge is 2.10. The first kappa shape index (κ1) is 11.6. The smallest absolute Gasteiger partial charge is 0.297 e. The van der Waals surface area contributed by atoms with Crippen LogP contribution in [0, 0.1) is 12.7 Å². The van der Waals surface area contributed by atoms with Crippen molar-refractivity contribution < 1.29 is 4.39 Å². The second-order valence-electron chi connectivity index (χ2n) is 3.49. The first-order valence-electron chi connectivity index (χ1n) is 4.78. The largest absolute Gasteiger partial charge is 0.334 e. The maximum absolute atomic E-state index is 13.0. The Bertz CT molecular complexity index is 691. The molecule has 0 amide bonds. The number of nitrogens with zero attached hydrogens (tertiary/aromatic N) is 1. The molecule has 0 saturated heterocycles. The molecule has 1 N–H and O–H groups in total. The molecule has 0 spiro atoms. The molecule has 0 atom stereocenters. The molecular formula is C11H8ClFN2O2. The molecule has 0 aliphatic heterocycles. The van der Waals surface area contributed by atoms with Crippen molar-refractivity contribution in [2.24, 2.45) is 0 Å². The average Bonchev–Trinajstić information content (AvgIpc) is 2.26. The maximum Gasteiger partial charge on any atom is 0.334 e. The van der Waals surface area contributed by atoms with E-state index in [1.807, 2.05) is 0 Å². The molecule has 6 heteroatoms. The van der Waals surface area contributed by atoms with Crippen molar-refractivity contribution in [3.8, 4) is 5.69 Å². The number of rotatable bonds is 1. The Morgan fingerprint density at radius 2 is 2.06 bits per heavy atom. The summed E-state index contributed by atoms with van der Waals surface area (Å²) >= 11 is 5.67. The van der Waals surface area contributed by atoms with E-state index in [0.717, 1.165) is 10.6 Å². The van der Waals surface area contributed by atoms with E-state index in [9.17, 15) is 14.0 Å². The summed E-state index contributed by atoms with van der Waals surface area (Å²) in [6, 6.07) is 5.21. The Labute approximate surface area is 100 Å². The zero-order valence-electron chi connectivity index (χ0n) is 8.83. The molecule has 0 aliphatic carbocycles. The number of H-pyrrole nitrogens is 1. The molecule has 0 radical (unpaired) electrons. The number of benzene rings is 1. The molecule has 2 aromatic rings. The van der Waals surface area contributed by atoms with Gasteiger partial charge in [0.15, 0.2) is 0 Å². The molecule has 0 fully saturated rings. The van der Waals surface area contributed by atoms with Gasteiger partial charge in [-0.25, -0.2) is 13.8 Å². The fourth-order valence-corrected chi connectivity index (χ4v) is 1.61. The molecule has 0 saturated carbocycles. The maximum atomic E-state index is 13.0. The van der Waals surface area contributed by atoms with Crippen molar-refractivity contribution in [2.75, 3.05) is 0 Å². The number of aromatic amines is 1. The molecule has 1 heterocycles. The van der Waals surface area contributed by atoms with Gasteiger partial charge >= 0.3 is 5.69 Å². The van der Waals surface area contributed by atoms with Crippen molar-refractivity contribution in [1.29, 1.82) is 0 Å². The summed E-state index contributed by atoms with van der Waals surface area (Å²) in [7, 11) is 0. The van der Waals surface area contributed by atoms with Crippen LogP contribution in [0.5, 0.6) is 0 Å². The Balaban J connectivity index is 2.82. The summed E-state index contributed by atoms with van der Waals surface area (Å²) in [5.74, 6) is -0.526. The minimum Gasteiger partial charge on any atom is -0.297 e. The second kappa shape index (κ2) is 4.18. The predicted molar refractivity (Wildman–Crippen MR) is 62.4 cm³/mol. The molecular weight excluding hydrogens is 247 g/mol. The van der Waals surface area contributed by atoms with Crippen molar-refractivity contribution in [3.63, 3.8) is 0 Å². The van der Waals surface area contributed by atoms with Crippen LogP contribution >= 0.6 is 11.6 Å². The molecule has 1 aromatic heterocycles. The number of halogens is 2. The van der Waals surface area contributed by atoms with Gasteiger partial charge in [-0.3, -0.25) is 9.78 Å². The van der Waals surface area contributed by atoms with Gasteiger partial charge in [-0.05, 0) is 25.1 Å². The molecule has 0 aliphatic rings. The van der Waals surface area contributed by atoms with E-state index in [-0.39, 0.29) is 16.4 Å². The summed E-state index contributed by atoms with van der Waals surface area (Å²) in [6.07, 6.45) is 0. The van der Waals surface area contributed by atoms with E-state index in [2.05, 4.69) is 4.98 Å². The van der Waals surface area contributed by atoms with E-state index in [4.69, 9.17) is 11.6 Å². The zero-order chi connectivity index (χ0) is 12.6. The molecule has 0 unspecified atom stereocenters. The van der Waals surface area contributed by atoms with Gasteiger partial charge in [-0.15, -0.1) is 0 Å². The SMILES string of the molecule is Cc1c(Cl)[nH]c(=O)n(-c2cccc(F)c2)c1=O. The molecule has 0 bridgehead atoms. The summed E-state index contributed by atoms with van der Waals surface area (Å²) in [5.41, 5.74) is -0.896. The van der Waals surface area contributed by atoms with E-state index >= 15 is 0 Å². The predicted octanol–water partition coefficient (Wildman–Crippen LogP) is 1.63. The standard InChI is InChI=1S/C11H8ClFN2O2/c1-6-9(12)14-11(17)15(10(6)16)8-4-2-3-7(13)5-8/h2-5H,1H3,(H,14,17). The molecule has 17 heavy (non-hydrogen) atoms. The van der Waals surface area contributed by atoms with Crippen LogP contribution in [0.1, 0.15) is 5.56 Å². The normalized spacial score (nSPS) is 10.5. The van der Waals surface area contributed by atoms with Crippen LogP contribution in [0.3, 0.4) is 0 Å². The Hall–Kier alpha value is -1.88. The van der Waals surface area contributed by atoms with Crippen LogP contribution < -0.4 is 11.2 Å². The highest BCUT2D eigenvalue weighted by atomic mass is 35.5. The molecule has 2 rings (SSSR count). The quantitative estimate of drug-likeness (QED) is 0.787. The van der Waals surface area contributed by atoms with Gasteiger partial charge in [0.2, 0.25) is 0 Å². The van der Waals surface area contributed by atoms with Crippen LogP contribution in [0.2, 0.25) is 5.15 Å². The lowest BCUT2D eigenvalue weighted by atomic mass is 10.3. The third kappa shape index (κ3) is 2.01. The van der Waals surface area contributed by atoms with Crippen LogP contribution in [0.15, 0.2) is 33.9 Å². The van der Waals surface area contributed by atoms with E-state index < -0.39 is 17.1 Å². The fraction of sp³-hybridized carbons (Fsp3) is 0.0909. The van der Waals surface area contributed by atoms with E-state index in [1.54, 1.807) is 0 Å². The van der Waals surface area contributed by atoms with Gasteiger partial charge in [-0.1, -0.05) is 17.7 Å². The summed E-state index contributed by atoms with van der Waals surface area (Å²) < 4.78 is 13.9. The first-order chi connectivity index (χ1) is 8.00. The van der Waals surface area contributed by atoms with Crippen LogP contribution in [-0.4, -0.2) is 9.55 Å². The van der Waals surface area contributed by atoms with Gasteiger partial charge in [0.25, 0.3) is 5.56 Å². The lowest BCUT2D eigenvalue weighted by Gasteiger charge is -2.06. The van der Waals surface area contributed by atoms with E-state index in [0.29, 0.717) is 0 Å². The minimum atomic E-state index is -0.698. The first-order valence-corrected chi connectivity index (χ1v) is 5.16. The van der Waals surface area contributed by atoms with E-state index in [1.165, 1.54) is 25.1 Å². The highest BCUT2D eigenvalue weighted by Crippen LogP contribution is 2.08. The summed E-state index contributed by atoms with van der Waals surface area (Å²) in [4.78, 5) is 25.8. The van der Waals surface area contributed by atoms with Gasteiger partial charge in [-0.2, -0.15) is 0 Å². The number of nitrogens with one attached hydrogen (secondary N) is 1. The number of hydrogen-bond acceptors (Lipinski definition) is 2. The van der Waals surface area contributed by atoms with Crippen LogP contribution in [0.4, 0.5) is 4.39 Å². The topological polar surface area (TPSA) is 54.9 Å². The third-order valence-electron chi connectivity index (χ3n) is 2.34. The Morgan fingerprint density at radius 3 is 2.71 bits per heavy atom. The molecule has 88 valence electrons. The van der Waals surface area contributed by atoms with Crippen molar-refractivity contribution in [1.82, 2.24) is 9.55 Å².